The smallest absolute Gasteiger partial charge is 0.376 e. The molecule has 2 N–H and O–H groups in total. The summed E-state index contributed by atoms with van der Waals surface area (Å²) >= 11 is 0. The minimum Gasteiger partial charge on any atom is -0.390 e. The summed E-state index contributed by atoms with van der Waals surface area (Å²) in [7, 11) is 0. The SMILES string of the molecule is CCC(O)C(F)(F)C(F)(F)C(F)(F)CO. The van der Waals surface area contributed by atoms with Gasteiger partial charge in [-0.2, -0.15) is 26.3 Å². The molecule has 0 aromatic heterocycles. The van der Waals surface area contributed by atoms with Gasteiger partial charge < -0.3 is 10.2 Å². The molecule has 0 aromatic carbocycles. The number of alkyl halides is 6. The number of aliphatic hydroxyl groups excluding tert-OH is 2. The number of rotatable bonds is 5. The summed E-state index contributed by atoms with van der Waals surface area (Å²) in [5.41, 5.74) is 0. The lowest BCUT2D eigenvalue weighted by atomic mass is 9.98. The fourth-order valence-electron chi connectivity index (χ4n) is 0.809. The first-order valence-corrected chi connectivity index (χ1v) is 3.97. The Labute approximate surface area is 81.5 Å². The normalized spacial score (nSPS) is 16.6. The summed E-state index contributed by atoms with van der Waals surface area (Å²) in [5.74, 6) is -16.4. The van der Waals surface area contributed by atoms with E-state index in [1.54, 1.807) is 0 Å². The summed E-state index contributed by atoms with van der Waals surface area (Å²) in [6, 6.07) is 0. The van der Waals surface area contributed by atoms with E-state index in [0.717, 1.165) is 6.92 Å². The van der Waals surface area contributed by atoms with E-state index < -0.39 is 36.9 Å². The predicted octanol–water partition coefficient (Wildman–Crippen LogP) is 1.66. The number of hydrogen-bond donors (Lipinski definition) is 2. The second kappa shape index (κ2) is 4.17. The number of halogens is 6. The second-order valence-electron chi connectivity index (χ2n) is 2.98. The highest BCUT2D eigenvalue weighted by Crippen LogP contribution is 2.47. The van der Waals surface area contributed by atoms with Crippen LogP contribution in [0, 0.1) is 0 Å². The summed E-state index contributed by atoms with van der Waals surface area (Å²) in [4.78, 5) is 0. The van der Waals surface area contributed by atoms with E-state index in [-0.39, 0.29) is 0 Å². The Hall–Kier alpha value is -0.500. The van der Waals surface area contributed by atoms with Crippen LogP contribution in [0.5, 0.6) is 0 Å². The molecule has 2 nitrogen and oxygen atoms in total. The Kier molecular flexibility index (Phi) is 4.03. The quantitative estimate of drug-likeness (QED) is 0.717. The van der Waals surface area contributed by atoms with Crippen LogP contribution in [0.2, 0.25) is 0 Å². The van der Waals surface area contributed by atoms with Crippen molar-refractivity contribution in [1.29, 1.82) is 0 Å². The van der Waals surface area contributed by atoms with Crippen molar-refractivity contribution < 1.29 is 36.6 Å². The molecule has 1 unspecified atom stereocenters. The largest absolute Gasteiger partial charge is 0.390 e. The molecule has 15 heavy (non-hydrogen) atoms. The molecule has 8 heteroatoms. The molecule has 0 spiro atoms. The van der Waals surface area contributed by atoms with E-state index >= 15 is 0 Å². The van der Waals surface area contributed by atoms with Crippen LogP contribution >= 0.6 is 0 Å². The Balaban J connectivity index is 5.17. The Morgan fingerprint density at radius 2 is 1.47 bits per heavy atom. The molecular formula is C7H10F6O2. The van der Waals surface area contributed by atoms with Crippen molar-refractivity contribution in [3.63, 3.8) is 0 Å². The molecule has 0 bridgehead atoms. The molecule has 1 atom stereocenters. The van der Waals surface area contributed by atoms with Gasteiger partial charge in [-0.25, -0.2) is 0 Å². The molecule has 0 saturated carbocycles. The molecular weight excluding hydrogens is 230 g/mol. The van der Waals surface area contributed by atoms with Crippen LogP contribution in [0.15, 0.2) is 0 Å². The molecule has 0 aliphatic carbocycles. The van der Waals surface area contributed by atoms with Crippen molar-refractivity contribution in [1.82, 2.24) is 0 Å². The lowest BCUT2D eigenvalue weighted by Gasteiger charge is -2.34. The molecule has 0 aliphatic rings. The van der Waals surface area contributed by atoms with Crippen molar-refractivity contribution in [3.05, 3.63) is 0 Å². The monoisotopic (exact) mass is 240 g/mol. The highest BCUT2D eigenvalue weighted by molar-refractivity contribution is 4.99. The van der Waals surface area contributed by atoms with E-state index in [9.17, 15) is 26.3 Å². The lowest BCUT2D eigenvalue weighted by Crippen LogP contribution is -2.60. The first-order valence-electron chi connectivity index (χ1n) is 3.97. The maximum Gasteiger partial charge on any atom is 0.376 e. The third-order valence-electron chi connectivity index (χ3n) is 1.88. The molecule has 92 valence electrons. The average Bonchev–Trinajstić information content (AvgIpc) is 2.15. The second-order valence-corrected chi connectivity index (χ2v) is 2.98. The average molecular weight is 240 g/mol. The fourth-order valence-corrected chi connectivity index (χ4v) is 0.809. The van der Waals surface area contributed by atoms with Crippen LogP contribution in [0.3, 0.4) is 0 Å². The van der Waals surface area contributed by atoms with Crippen LogP contribution in [0.25, 0.3) is 0 Å². The van der Waals surface area contributed by atoms with Gasteiger partial charge in [-0.05, 0) is 6.42 Å². The highest BCUT2D eigenvalue weighted by Gasteiger charge is 2.73. The molecule has 0 amide bonds. The molecule has 0 aromatic rings. The molecule has 0 saturated heterocycles. The summed E-state index contributed by atoms with van der Waals surface area (Å²) in [5, 5.41) is 16.4. The van der Waals surface area contributed by atoms with Crippen LogP contribution in [-0.2, 0) is 0 Å². The maximum absolute atomic E-state index is 12.7. The molecule has 0 heterocycles. The van der Waals surface area contributed by atoms with E-state index in [0.29, 0.717) is 0 Å². The summed E-state index contributed by atoms with van der Waals surface area (Å²) < 4.78 is 75.2. The van der Waals surface area contributed by atoms with Gasteiger partial charge in [0.25, 0.3) is 0 Å². The van der Waals surface area contributed by atoms with Gasteiger partial charge in [0.1, 0.15) is 12.7 Å². The zero-order valence-electron chi connectivity index (χ0n) is 7.65. The van der Waals surface area contributed by atoms with Crippen LogP contribution in [0.1, 0.15) is 13.3 Å². The summed E-state index contributed by atoms with van der Waals surface area (Å²) in [6.07, 6.45) is -3.71. The van der Waals surface area contributed by atoms with Crippen molar-refractivity contribution >= 4 is 0 Å². The van der Waals surface area contributed by atoms with Crippen LogP contribution in [-0.4, -0.2) is 40.7 Å². The standard InChI is InChI=1S/C7H10F6O2/c1-2-4(15)6(10,11)7(12,13)5(8,9)3-14/h4,14-15H,2-3H2,1H3. The Bertz CT molecular complexity index is 218. The third kappa shape index (κ3) is 2.20. The first-order chi connectivity index (χ1) is 6.54. The zero-order valence-corrected chi connectivity index (χ0v) is 7.65. The summed E-state index contributed by atoms with van der Waals surface area (Å²) in [6.45, 7) is -1.49. The van der Waals surface area contributed by atoms with Gasteiger partial charge in [0.15, 0.2) is 0 Å². The number of hydrogen-bond acceptors (Lipinski definition) is 2. The van der Waals surface area contributed by atoms with Gasteiger partial charge in [-0.3, -0.25) is 0 Å². The maximum atomic E-state index is 12.7. The van der Waals surface area contributed by atoms with E-state index in [1.165, 1.54) is 0 Å². The van der Waals surface area contributed by atoms with Crippen molar-refractivity contribution in [2.75, 3.05) is 6.61 Å². The highest BCUT2D eigenvalue weighted by atomic mass is 19.3. The Morgan fingerprint density at radius 1 is 1.07 bits per heavy atom. The van der Waals surface area contributed by atoms with E-state index in [4.69, 9.17) is 10.2 Å². The third-order valence-corrected chi connectivity index (χ3v) is 1.88. The molecule has 0 rings (SSSR count). The van der Waals surface area contributed by atoms with E-state index in [1.807, 2.05) is 0 Å². The number of aliphatic hydroxyl groups is 2. The van der Waals surface area contributed by atoms with Gasteiger partial charge in [-0.15, -0.1) is 0 Å². The molecule has 0 radical (unpaired) electrons. The lowest BCUT2D eigenvalue weighted by molar-refractivity contribution is -0.338. The van der Waals surface area contributed by atoms with Gasteiger partial charge in [0.2, 0.25) is 0 Å². The van der Waals surface area contributed by atoms with Gasteiger partial charge in [0.05, 0.1) is 0 Å². The topological polar surface area (TPSA) is 40.5 Å². The van der Waals surface area contributed by atoms with Gasteiger partial charge in [0, 0.05) is 0 Å². The van der Waals surface area contributed by atoms with Crippen LogP contribution in [0.4, 0.5) is 26.3 Å². The molecule has 0 aliphatic heterocycles. The Morgan fingerprint density at radius 3 is 1.73 bits per heavy atom. The van der Waals surface area contributed by atoms with Gasteiger partial charge in [-0.1, -0.05) is 6.92 Å². The first kappa shape index (κ1) is 14.5. The zero-order chi connectivity index (χ0) is 12.5. The predicted molar refractivity (Wildman–Crippen MR) is 38.2 cm³/mol. The fraction of sp³-hybridized carbons (Fsp3) is 1.00. The minimum absolute atomic E-state index is 0.815. The molecule has 0 fully saturated rings. The minimum atomic E-state index is -5.80. The van der Waals surface area contributed by atoms with Crippen LogP contribution < -0.4 is 0 Å². The van der Waals surface area contributed by atoms with Crippen molar-refractivity contribution in [3.8, 4) is 0 Å². The van der Waals surface area contributed by atoms with Crippen molar-refractivity contribution in [2.45, 2.75) is 37.2 Å². The van der Waals surface area contributed by atoms with E-state index in [2.05, 4.69) is 0 Å². The van der Waals surface area contributed by atoms with Crippen molar-refractivity contribution in [2.24, 2.45) is 0 Å². The van der Waals surface area contributed by atoms with Gasteiger partial charge >= 0.3 is 17.8 Å².